The third kappa shape index (κ3) is 2.96. The Labute approximate surface area is 184 Å². The molecule has 3 heterocycles. The third-order valence-electron chi connectivity index (χ3n) is 6.10. The van der Waals surface area contributed by atoms with E-state index in [1.54, 1.807) is 18.2 Å². The van der Waals surface area contributed by atoms with Gasteiger partial charge in [0.05, 0.1) is 6.04 Å². The van der Waals surface area contributed by atoms with Crippen molar-refractivity contribution in [3.63, 3.8) is 0 Å². The van der Waals surface area contributed by atoms with E-state index in [9.17, 15) is 4.79 Å². The van der Waals surface area contributed by atoms with Gasteiger partial charge in [0.1, 0.15) is 0 Å². The number of para-hydroxylation sites is 1. The minimum atomic E-state index is -0.230. The molecule has 31 heavy (non-hydrogen) atoms. The molecule has 0 fully saturated rings. The van der Waals surface area contributed by atoms with E-state index >= 15 is 0 Å². The number of H-pyrrole nitrogens is 1. The lowest BCUT2D eigenvalue weighted by Gasteiger charge is -2.36. The molecule has 0 spiro atoms. The number of amides is 1. The topological polar surface area (TPSA) is 54.6 Å². The number of benzene rings is 3. The van der Waals surface area contributed by atoms with Crippen LogP contribution in [0.3, 0.4) is 0 Å². The normalized spacial score (nSPS) is 17.1. The molecule has 154 valence electrons. The summed E-state index contributed by atoms with van der Waals surface area (Å²) >= 11 is 6.15. The molecule has 1 N–H and O–H groups in total. The fraction of sp³-hybridized carbons (Fsp3) is 0.160. The van der Waals surface area contributed by atoms with Gasteiger partial charge in [0.25, 0.3) is 5.91 Å². The maximum absolute atomic E-state index is 13.7. The minimum Gasteiger partial charge on any atom is -0.454 e. The van der Waals surface area contributed by atoms with Crippen LogP contribution in [0.4, 0.5) is 0 Å². The van der Waals surface area contributed by atoms with Crippen molar-refractivity contribution < 1.29 is 14.3 Å². The molecule has 0 saturated heterocycles. The predicted molar refractivity (Wildman–Crippen MR) is 119 cm³/mol. The molecule has 5 nitrogen and oxygen atoms in total. The number of nitrogens with one attached hydrogen (secondary N) is 1. The number of carbonyl (C=O) groups is 1. The second-order valence-corrected chi connectivity index (χ2v) is 8.27. The molecular formula is C25H19ClN2O3. The maximum atomic E-state index is 13.7. The zero-order valence-corrected chi connectivity index (χ0v) is 17.4. The largest absolute Gasteiger partial charge is 0.454 e. The van der Waals surface area contributed by atoms with Crippen LogP contribution in [0.1, 0.15) is 33.2 Å². The molecule has 1 atom stereocenters. The Morgan fingerprint density at radius 1 is 1.00 bits per heavy atom. The van der Waals surface area contributed by atoms with E-state index in [0.717, 1.165) is 23.2 Å². The van der Waals surface area contributed by atoms with Gasteiger partial charge in [-0.25, -0.2) is 0 Å². The van der Waals surface area contributed by atoms with Gasteiger partial charge in [-0.05, 0) is 53.9 Å². The van der Waals surface area contributed by atoms with E-state index in [0.29, 0.717) is 28.6 Å². The second kappa shape index (κ2) is 7.06. The van der Waals surface area contributed by atoms with E-state index < -0.39 is 0 Å². The van der Waals surface area contributed by atoms with Gasteiger partial charge in [-0.3, -0.25) is 4.79 Å². The fourth-order valence-corrected chi connectivity index (χ4v) is 4.77. The predicted octanol–water partition coefficient (Wildman–Crippen LogP) is 5.34. The monoisotopic (exact) mass is 430 g/mol. The first-order valence-electron chi connectivity index (χ1n) is 10.2. The van der Waals surface area contributed by atoms with Crippen LogP contribution >= 0.6 is 11.6 Å². The Morgan fingerprint density at radius 2 is 1.81 bits per heavy atom. The summed E-state index contributed by atoms with van der Waals surface area (Å²) in [5.74, 6) is 1.24. The molecule has 2 aliphatic rings. The van der Waals surface area contributed by atoms with Crippen LogP contribution in [0.15, 0.2) is 66.7 Å². The summed E-state index contributed by atoms with van der Waals surface area (Å²) in [6.45, 7) is 0.804. The first-order chi connectivity index (χ1) is 15.2. The van der Waals surface area contributed by atoms with Crippen molar-refractivity contribution in [1.29, 1.82) is 0 Å². The van der Waals surface area contributed by atoms with Gasteiger partial charge in [-0.15, -0.1) is 0 Å². The number of ether oxygens (including phenoxy) is 2. The maximum Gasteiger partial charge on any atom is 0.254 e. The molecule has 1 unspecified atom stereocenters. The minimum absolute atomic E-state index is 0.0393. The number of hydrogen-bond acceptors (Lipinski definition) is 3. The van der Waals surface area contributed by atoms with Crippen molar-refractivity contribution in [1.82, 2.24) is 9.88 Å². The van der Waals surface area contributed by atoms with Crippen molar-refractivity contribution in [2.45, 2.75) is 12.5 Å². The average molecular weight is 431 g/mol. The Balaban J connectivity index is 1.47. The zero-order chi connectivity index (χ0) is 20.9. The summed E-state index contributed by atoms with van der Waals surface area (Å²) in [6.07, 6.45) is 0.791. The van der Waals surface area contributed by atoms with Crippen molar-refractivity contribution in [2.24, 2.45) is 0 Å². The van der Waals surface area contributed by atoms with E-state index in [2.05, 4.69) is 23.2 Å². The second-order valence-electron chi connectivity index (χ2n) is 7.83. The molecule has 3 aromatic carbocycles. The smallest absolute Gasteiger partial charge is 0.254 e. The number of hydrogen-bond donors (Lipinski definition) is 1. The Hall–Kier alpha value is -3.44. The number of nitrogens with zero attached hydrogens (tertiary/aromatic N) is 1. The number of rotatable bonds is 2. The highest BCUT2D eigenvalue weighted by atomic mass is 35.5. The Bertz CT molecular complexity index is 1310. The van der Waals surface area contributed by atoms with Crippen LogP contribution in [0, 0.1) is 0 Å². The molecule has 6 rings (SSSR count). The van der Waals surface area contributed by atoms with Gasteiger partial charge in [0.15, 0.2) is 11.5 Å². The summed E-state index contributed by atoms with van der Waals surface area (Å²) in [5.41, 5.74) is 5.02. The number of aromatic amines is 1. The fourth-order valence-electron chi connectivity index (χ4n) is 4.65. The highest BCUT2D eigenvalue weighted by molar-refractivity contribution is 6.30. The number of fused-ring (bicyclic) bond motifs is 4. The van der Waals surface area contributed by atoms with E-state index in [4.69, 9.17) is 21.1 Å². The lowest BCUT2D eigenvalue weighted by atomic mass is 9.91. The van der Waals surface area contributed by atoms with Crippen LogP contribution in [-0.2, 0) is 6.42 Å². The van der Waals surface area contributed by atoms with E-state index in [1.807, 2.05) is 35.2 Å². The number of aromatic nitrogens is 1. The molecular weight excluding hydrogens is 412 g/mol. The summed E-state index contributed by atoms with van der Waals surface area (Å²) in [7, 11) is 0. The number of halogens is 1. The molecule has 0 aliphatic carbocycles. The standard InChI is InChI=1S/C25H19ClN2O3/c26-17-8-5-15(6-9-17)24-23-19(18-3-1-2-4-20(18)27-23)11-12-28(24)25(29)16-7-10-21-22(13-16)31-14-30-21/h1-10,13,24,27H,11-12,14H2. The Kier molecular flexibility index (Phi) is 4.18. The summed E-state index contributed by atoms with van der Waals surface area (Å²) in [5, 5.41) is 1.89. The SMILES string of the molecule is O=C(c1ccc2c(c1)OCO2)N1CCc2c([nH]c3ccccc23)C1c1ccc(Cl)cc1. The first-order valence-corrected chi connectivity index (χ1v) is 10.6. The quantitative estimate of drug-likeness (QED) is 0.467. The van der Waals surface area contributed by atoms with Gasteiger partial charge in [-0.1, -0.05) is 41.9 Å². The van der Waals surface area contributed by atoms with Gasteiger partial charge in [0, 0.05) is 33.7 Å². The zero-order valence-electron chi connectivity index (χ0n) is 16.6. The van der Waals surface area contributed by atoms with Gasteiger partial charge < -0.3 is 19.4 Å². The van der Waals surface area contributed by atoms with Gasteiger partial charge >= 0.3 is 0 Å². The van der Waals surface area contributed by atoms with Crippen LogP contribution < -0.4 is 9.47 Å². The number of carbonyl (C=O) groups excluding carboxylic acids is 1. The molecule has 2 aliphatic heterocycles. The highest BCUT2D eigenvalue weighted by Gasteiger charge is 2.35. The van der Waals surface area contributed by atoms with Crippen molar-refractivity contribution >= 4 is 28.4 Å². The van der Waals surface area contributed by atoms with Crippen molar-refractivity contribution in [3.05, 3.63) is 94.1 Å². The van der Waals surface area contributed by atoms with Gasteiger partial charge in [0.2, 0.25) is 6.79 Å². The van der Waals surface area contributed by atoms with Crippen LogP contribution in [-0.4, -0.2) is 29.1 Å². The third-order valence-corrected chi connectivity index (χ3v) is 6.35. The molecule has 0 saturated carbocycles. The Morgan fingerprint density at radius 3 is 2.68 bits per heavy atom. The van der Waals surface area contributed by atoms with Crippen molar-refractivity contribution in [3.8, 4) is 11.5 Å². The molecule has 4 aromatic rings. The van der Waals surface area contributed by atoms with Crippen molar-refractivity contribution in [2.75, 3.05) is 13.3 Å². The first kappa shape index (κ1) is 18.3. The average Bonchev–Trinajstić information content (AvgIpc) is 3.42. The highest BCUT2D eigenvalue weighted by Crippen LogP contribution is 2.40. The van der Waals surface area contributed by atoms with Crippen LogP contribution in [0.25, 0.3) is 10.9 Å². The van der Waals surface area contributed by atoms with Crippen LogP contribution in [0.5, 0.6) is 11.5 Å². The lowest BCUT2D eigenvalue weighted by Crippen LogP contribution is -2.40. The summed E-state index contributed by atoms with van der Waals surface area (Å²) in [6, 6.07) is 21.2. The van der Waals surface area contributed by atoms with Crippen LogP contribution in [0.2, 0.25) is 5.02 Å². The van der Waals surface area contributed by atoms with Gasteiger partial charge in [-0.2, -0.15) is 0 Å². The lowest BCUT2D eigenvalue weighted by molar-refractivity contribution is 0.0691. The van der Waals surface area contributed by atoms with E-state index in [-0.39, 0.29) is 18.7 Å². The van der Waals surface area contributed by atoms with E-state index in [1.165, 1.54) is 10.9 Å². The molecule has 1 amide bonds. The molecule has 0 radical (unpaired) electrons. The summed E-state index contributed by atoms with van der Waals surface area (Å²) in [4.78, 5) is 19.2. The molecule has 0 bridgehead atoms. The summed E-state index contributed by atoms with van der Waals surface area (Å²) < 4.78 is 10.9. The molecule has 1 aromatic heterocycles. The molecule has 6 heteroatoms.